The van der Waals surface area contributed by atoms with E-state index < -0.39 is 5.97 Å². The van der Waals surface area contributed by atoms with Crippen LogP contribution in [0.4, 0.5) is 0 Å². The quantitative estimate of drug-likeness (QED) is 0.734. The van der Waals surface area contributed by atoms with Crippen molar-refractivity contribution >= 4 is 17.0 Å². The molecule has 2 heterocycles. The summed E-state index contributed by atoms with van der Waals surface area (Å²) < 4.78 is 1.43. The molecule has 0 unspecified atom stereocenters. The number of aromatic carboxylic acids is 1. The Hall–Kier alpha value is -2.76. The van der Waals surface area contributed by atoms with Crippen LogP contribution in [0.5, 0.6) is 0 Å². The zero-order valence-electron chi connectivity index (χ0n) is 9.19. The Morgan fingerprint density at radius 3 is 2.83 bits per heavy atom. The number of benzene rings is 1. The van der Waals surface area contributed by atoms with E-state index in [0.717, 1.165) is 5.52 Å². The summed E-state index contributed by atoms with van der Waals surface area (Å²) in [4.78, 5) is 15.2. The molecule has 2 aromatic heterocycles. The van der Waals surface area contributed by atoms with Crippen LogP contribution in [0, 0.1) is 0 Å². The Balaban J connectivity index is 2.30. The fourth-order valence-corrected chi connectivity index (χ4v) is 1.76. The van der Waals surface area contributed by atoms with E-state index in [-0.39, 0.29) is 11.4 Å². The molecule has 18 heavy (non-hydrogen) atoms. The monoisotopic (exact) mass is 240 g/mol. The van der Waals surface area contributed by atoms with E-state index in [2.05, 4.69) is 15.3 Å². The van der Waals surface area contributed by atoms with Gasteiger partial charge in [-0.1, -0.05) is 17.3 Å². The Labute approximate surface area is 102 Å². The molecule has 0 atom stereocenters. The highest BCUT2D eigenvalue weighted by Gasteiger charge is 2.15. The summed E-state index contributed by atoms with van der Waals surface area (Å²) in [5.41, 5.74) is 1.51. The number of nitrogens with zero attached hydrogens (tertiary/aromatic N) is 4. The summed E-state index contributed by atoms with van der Waals surface area (Å²) in [6, 6.07) is 10.4. The lowest BCUT2D eigenvalue weighted by atomic mass is 10.2. The van der Waals surface area contributed by atoms with E-state index in [1.807, 2.05) is 24.3 Å². The lowest BCUT2D eigenvalue weighted by molar-refractivity contribution is 0.0696. The third-order valence-electron chi connectivity index (χ3n) is 2.57. The first-order valence-corrected chi connectivity index (χ1v) is 5.26. The normalized spacial score (nSPS) is 10.7. The molecule has 88 valence electrons. The highest BCUT2D eigenvalue weighted by molar-refractivity contribution is 5.91. The molecule has 6 heteroatoms. The van der Waals surface area contributed by atoms with Crippen LogP contribution >= 0.6 is 0 Å². The van der Waals surface area contributed by atoms with Gasteiger partial charge < -0.3 is 5.11 Å². The van der Waals surface area contributed by atoms with Crippen LogP contribution in [-0.2, 0) is 0 Å². The van der Waals surface area contributed by atoms with Crippen molar-refractivity contribution in [3.8, 4) is 5.82 Å². The van der Waals surface area contributed by atoms with Crippen LogP contribution in [0.1, 0.15) is 10.4 Å². The van der Waals surface area contributed by atoms with Crippen molar-refractivity contribution in [2.75, 3.05) is 0 Å². The number of carboxylic acid groups (broad SMARTS) is 1. The highest BCUT2D eigenvalue weighted by Crippen LogP contribution is 2.17. The highest BCUT2D eigenvalue weighted by atomic mass is 16.4. The number of hydrogen-bond acceptors (Lipinski definition) is 4. The molecular formula is C12H8N4O2. The molecule has 1 aromatic carbocycles. The Kier molecular flexibility index (Phi) is 2.26. The first-order chi connectivity index (χ1) is 8.77. The van der Waals surface area contributed by atoms with Gasteiger partial charge in [-0.2, -0.15) is 4.68 Å². The predicted octanol–water partition coefficient (Wildman–Crippen LogP) is 1.51. The fourth-order valence-electron chi connectivity index (χ4n) is 1.76. The van der Waals surface area contributed by atoms with Crippen molar-refractivity contribution in [3.05, 3.63) is 48.2 Å². The number of rotatable bonds is 2. The molecule has 0 bridgehead atoms. The second-order valence-electron chi connectivity index (χ2n) is 3.67. The molecule has 0 aliphatic rings. The Morgan fingerprint density at radius 1 is 1.17 bits per heavy atom. The summed E-state index contributed by atoms with van der Waals surface area (Å²) in [6.07, 6.45) is 1.53. The van der Waals surface area contributed by atoms with E-state index >= 15 is 0 Å². The molecule has 1 N–H and O–H groups in total. The van der Waals surface area contributed by atoms with E-state index in [0.29, 0.717) is 5.52 Å². The molecule has 0 amide bonds. The first-order valence-electron chi connectivity index (χ1n) is 5.26. The van der Waals surface area contributed by atoms with Crippen molar-refractivity contribution in [2.45, 2.75) is 0 Å². The van der Waals surface area contributed by atoms with Crippen LogP contribution < -0.4 is 0 Å². The maximum absolute atomic E-state index is 11.2. The van der Waals surface area contributed by atoms with Gasteiger partial charge in [0.05, 0.1) is 5.52 Å². The van der Waals surface area contributed by atoms with E-state index in [9.17, 15) is 4.79 Å². The van der Waals surface area contributed by atoms with Crippen molar-refractivity contribution < 1.29 is 9.90 Å². The van der Waals surface area contributed by atoms with Gasteiger partial charge in [-0.15, -0.1) is 5.10 Å². The zero-order valence-corrected chi connectivity index (χ0v) is 9.19. The minimum absolute atomic E-state index is 0.0909. The Bertz CT molecular complexity index is 736. The smallest absolute Gasteiger partial charge is 0.339 e. The third-order valence-corrected chi connectivity index (χ3v) is 2.57. The van der Waals surface area contributed by atoms with Crippen LogP contribution in [0.2, 0.25) is 0 Å². The molecule has 6 nitrogen and oxygen atoms in total. The van der Waals surface area contributed by atoms with E-state index in [4.69, 9.17) is 5.11 Å². The van der Waals surface area contributed by atoms with Crippen molar-refractivity contribution in [1.82, 2.24) is 20.0 Å². The van der Waals surface area contributed by atoms with Crippen LogP contribution in [0.15, 0.2) is 42.6 Å². The van der Waals surface area contributed by atoms with Gasteiger partial charge in [-0.25, -0.2) is 9.78 Å². The number of fused-ring (bicyclic) bond motifs is 1. The average Bonchev–Trinajstić information content (AvgIpc) is 2.82. The fraction of sp³-hybridized carbons (Fsp3) is 0. The molecule has 0 saturated heterocycles. The van der Waals surface area contributed by atoms with Gasteiger partial charge in [0.2, 0.25) is 0 Å². The number of pyridine rings is 1. The molecule has 0 spiro atoms. The minimum atomic E-state index is -1.04. The van der Waals surface area contributed by atoms with Gasteiger partial charge in [0, 0.05) is 6.20 Å². The van der Waals surface area contributed by atoms with Crippen LogP contribution in [-0.4, -0.2) is 31.1 Å². The third kappa shape index (κ3) is 1.51. The SMILES string of the molecule is O=C(O)c1cccnc1-n1nnc2ccccc21. The summed E-state index contributed by atoms with van der Waals surface area (Å²) >= 11 is 0. The van der Waals surface area contributed by atoms with Gasteiger partial charge in [-0.3, -0.25) is 0 Å². The number of para-hydroxylation sites is 1. The molecule has 3 rings (SSSR count). The van der Waals surface area contributed by atoms with Crippen molar-refractivity contribution in [2.24, 2.45) is 0 Å². The molecule has 0 aliphatic heterocycles. The second kappa shape index (κ2) is 3.92. The number of carbonyl (C=O) groups is 1. The van der Waals surface area contributed by atoms with E-state index in [1.165, 1.54) is 16.9 Å². The first kappa shape index (κ1) is 10.4. The predicted molar refractivity (Wildman–Crippen MR) is 63.6 cm³/mol. The van der Waals surface area contributed by atoms with Gasteiger partial charge in [0.25, 0.3) is 0 Å². The van der Waals surface area contributed by atoms with Crippen LogP contribution in [0.3, 0.4) is 0 Å². The summed E-state index contributed by atoms with van der Waals surface area (Å²) in [6.45, 7) is 0. The molecule has 0 saturated carbocycles. The molecular weight excluding hydrogens is 232 g/mol. The lowest BCUT2D eigenvalue weighted by Gasteiger charge is -2.04. The molecule has 0 radical (unpaired) electrons. The summed E-state index contributed by atoms with van der Waals surface area (Å²) in [5.74, 6) is -0.781. The summed E-state index contributed by atoms with van der Waals surface area (Å²) in [5, 5.41) is 17.1. The maximum Gasteiger partial charge on any atom is 0.339 e. The average molecular weight is 240 g/mol. The standard InChI is InChI=1S/C12H8N4O2/c17-12(18)8-4-3-7-13-11(8)16-10-6-2-1-5-9(10)14-15-16/h1-7H,(H,17,18). The summed E-state index contributed by atoms with van der Waals surface area (Å²) in [7, 11) is 0. The van der Waals surface area contributed by atoms with Crippen molar-refractivity contribution in [1.29, 1.82) is 0 Å². The van der Waals surface area contributed by atoms with Gasteiger partial charge in [0.1, 0.15) is 11.1 Å². The number of aromatic nitrogens is 4. The number of carboxylic acids is 1. The van der Waals surface area contributed by atoms with Crippen molar-refractivity contribution in [3.63, 3.8) is 0 Å². The van der Waals surface area contributed by atoms with Gasteiger partial charge >= 0.3 is 5.97 Å². The Morgan fingerprint density at radius 2 is 2.00 bits per heavy atom. The topological polar surface area (TPSA) is 80.9 Å². The molecule has 0 fully saturated rings. The maximum atomic E-state index is 11.2. The van der Waals surface area contributed by atoms with Gasteiger partial charge in [-0.05, 0) is 24.3 Å². The van der Waals surface area contributed by atoms with E-state index in [1.54, 1.807) is 6.07 Å². The van der Waals surface area contributed by atoms with Crippen LogP contribution in [0.25, 0.3) is 16.9 Å². The van der Waals surface area contributed by atoms with Gasteiger partial charge in [0.15, 0.2) is 5.82 Å². The zero-order chi connectivity index (χ0) is 12.5. The largest absolute Gasteiger partial charge is 0.478 e. The molecule has 3 aromatic rings. The minimum Gasteiger partial charge on any atom is -0.478 e. The molecule has 0 aliphatic carbocycles. The number of hydrogen-bond donors (Lipinski definition) is 1. The second-order valence-corrected chi connectivity index (χ2v) is 3.67. The lowest BCUT2D eigenvalue weighted by Crippen LogP contribution is -2.08.